The molecule has 120 valence electrons. The molecule has 8 heteroatoms. The Hall–Kier alpha value is -2.51. The fraction of sp³-hybridized carbons (Fsp3) is 0.429. The summed E-state index contributed by atoms with van der Waals surface area (Å²) >= 11 is 0. The molecule has 0 amide bonds. The number of esters is 1. The Balaban J connectivity index is 3.10. The van der Waals surface area contributed by atoms with E-state index in [4.69, 9.17) is 9.84 Å². The van der Waals surface area contributed by atoms with Crippen molar-refractivity contribution < 1.29 is 28.7 Å². The van der Waals surface area contributed by atoms with Gasteiger partial charge >= 0.3 is 11.9 Å². The number of carbonyl (C=O) groups is 2. The molecular weight excluding hydrogens is 297 g/mol. The van der Waals surface area contributed by atoms with E-state index in [1.807, 2.05) is 0 Å². The van der Waals surface area contributed by atoms with Crippen LogP contribution in [0.1, 0.15) is 25.8 Å². The van der Waals surface area contributed by atoms with Gasteiger partial charge < -0.3 is 9.84 Å². The van der Waals surface area contributed by atoms with Gasteiger partial charge in [0.2, 0.25) is 0 Å². The number of nitrogens with zero attached hydrogens (tertiary/aromatic N) is 1. The van der Waals surface area contributed by atoms with Crippen molar-refractivity contribution in [3.05, 3.63) is 39.7 Å². The zero-order valence-corrected chi connectivity index (χ0v) is 12.1. The fourth-order valence-corrected chi connectivity index (χ4v) is 1.76. The van der Waals surface area contributed by atoms with E-state index in [9.17, 15) is 24.1 Å². The molecule has 0 fully saturated rings. The largest absolute Gasteiger partial charge is 0.481 e. The number of hydrogen-bond acceptors (Lipinski definition) is 5. The summed E-state index contributed by atoms with van der Waals surface area (Å²) in [7, 11) is 0. The Morgan fingerprint density at radius 1 is 1.45 bits per heavy atom. The maximum Gasteiger partial charge on any atom is 0.320 e. The molecular formula is C14H16FNO6. The van der Waals surface area contributed by atoms with Crippen LogP contribution in [-0.4, -0.2) is 28.1 Å². The number of benzene rings is 1. The molecule has 1 aromatic rings. The predicted molar refractivity (Wildman–Crippen MR) is 73.7 cm³/mol. The average Bonchev–Trinajstić information content (AvgIpc) is 2.44. The van der Waals surface area contributed by atoms with Crippen LogP contribution in [-0.2, 0) is 20.7 Å². The van der Waals surface area contributed by atoms with E-state index in [0.29, 0.717) is 6.42 Å². The highest BCUT2D eigenvalue weighted by molar-refractivity contribution is 5.94. The van der Waals surface area contributed by atoms with Crippen molar-refractivity contribution in [1.29, 1.82) is 0 Å². The molecule has 0 spiro atoms. The van der Waals surface area contributed by atoms with Gasteiger partial charge in [-0.05, 0) is 19.4 Å². The van der Waals surface area contributed by atoms with Crippen LogP contribution in [0.25, 0.3) is 0 Å². The summed E-state index contributed by atoms with van der Waals surface area (Å²) in [5, 5.41) is 20.0. The number of carboxylic acid groups (broad SMARTS) is 1. The lowest BCUT2D eigenvalue weighted by molar-refractivity contribution is -0.385. The number of aliphatic carboxylic acids is 1. The molecule has 0 saturated heterocycles. The van der Waals surface area contributed by atoms with E-state index >= 15 is 0 Å². The van der Waals surface area contributed by atoms with E-state index in [2.05, 4.69) is 0 Å². The molecule has 0 bridgehead atoms. The van der Waals surface area contributed by atoms with Gasteiger partial charge in [0.25, 0.3) is 5.69 Å². The summed E-state index contributed by atoms with van der Waals surface area (Å²) < 4.78 is 18.7. The molecule has 0 aliphatic rings. The standard InChI is InChI=1S/C14H16FNO6/c1-3-8(2)22-14(19)10(13(17)18)7-9-11(15)5-4-6-12(9)16(20)21/h4-6,8,10H,3,7H2,1-2H3,(H,17,18). The number of halogens is 1. The number of rotatable bonds is 7. The lowest BCUT2D eigenvalue weighted by atomic mass is 9.97. The van der Waals surface area contributed by atoms with Crippen molar-refractivity contribution in [3.8, 4) is 0 Å². The van der Waals surface area contributed by atoms with Gasteiger partial charge in [-0.15, -0.1) is 0 Å². The third-order valence-corrected chi connectivity index (χ3v) is 3.17. The zero-order valence-electron chi connectivity index (χ0n) is 12.1. The van der Waals surface area contributed by atoms with Crippen LogP contribution in [0.2, 0.25) is 0 Å². The normalized spacial score (nSPS) is 13.2. The number of ether oxygens (including phenoxy) is 1. The van der Waals surface area contributed by atoms with E-state index in [1.165, 1.54) is 0 Å². The zero-order chi connectivity index (χ0) is 16.9. The summed E-state index contributed by atoms with van der Waals surface area (Å²) in [5.74, 6) is -5.20. The minimum Gasteiger partial charge on any atom is -0.481 e. The van der Waals surface area contributed by atoms with Gasteiger partial charge in [0.1, 0.15) is 5.82 Å². The number of carboxylic acids is 1. The van der Waals surface area contributed by atoms with Crippen molar-refractivity contribution in [2.75, 3.05) is 0 Å². The minimum absolute atomic E-state index is 0.430. The van der Waals surface area contributed by atoms with Crippen LogP contribution in [0, 0.1) is 21.8 Å². The first-order valence-electron chi connectivity index (χ1n) is 6.63. The number of hydrogen-bond donors (Lipinski definition) is 1. The highest BCUT2D eigenvalue weighted by atomic mass is 19.1. The van der Waals surface area contributed by atoms with Gasteiger partial charge in [-0.2, -0.15) is 0 Å². The summed E-state index contributed by atoms with van der Waals surface area (Å²) in [5.41, 5.74) is -0.997. The van der Waals surface area contributed by atoms with Crippen molar-refractivity contribution in [1.82, 2.24) is 0 Å². The second-order valence-electron chi connectivity index (χ2n) is 4.75. The first-order valence-corrected chi connectivity index (χ1v) is 6.63. The third kappa shape index (κ3) is 4.24. The van der Waals surface area contributed by atoms with Crippen LogP contribution < -0.4 is 0 Å². The molecule has 0 radical (unpaired) electrons. The Labute approximate surface area is 125 Å². The van der Waals surface area contributed by atoms with Crippen molar-refractivity contribution in [2.24, 2.45) is 5.92 Å². The lowest BCUT2D eigenvalue weighted by Gasteiger charge is -2.16. The smallest absolute Gasteiger partial charge is 0.320 e. The Kier molecular flexibility index (Phi) is 5.97. The molecule has 2 unspecified atom stereocenters. The van der Waals surface area contributed by atoms with Gasteiger partial charge in [-0.3, -0.25) is 19.7 Å². The van der Waals surface area contributed by atoms with Crippen molar-refractivity contribution in [3.63, 3.8) is 0 Å². The molecule has 7 nitrogen and oxygen atoms in total. The quantitative estimate of drug-likeness (QED) is 0.358. The Morgan fingerprint density at radius 3 is 2.59 bits per heavy atom. The first kappa shape index (κ1) is 17.5. The topological polar surface area (TPSA) is 107 Å². The second kappa shape index (κ2) is 7.48. The molecule has 2 atom stereocenters. The van der Waals surface area contributed by atoms with E-state index in [1.54, 1.807) is 13.8 Å². The van der Waals surface area contributed by atoms with Crippen LogP contribution in [0.5, 0.6) is 0 Å². The number of carbonyl (C=O) groups excluding carboxylic acids is 1. The summed E-state index contributed by atoms with van der Waals surface area (Å²) in [6.45, 7) is 3.33. The average molecular weight is 313 g/mol. The highest BCUT2D eigenvalue weighted by Crippen LogP contribution is 2.25. The van der Waals surface area contributed by atoms with Crippen LogP contribution >= 0.6 is 0 Å². The van der Waals surface area contributed by atoms with Gasteiger partial charge in [-0.1, -0.05) is 13.0 Å². The third-order valence-electron chi connectivity index (χ3n) is 3.17. The molecule has 0 aliphatic carbocycles. The molecule has 1 rings (SSSR count). The van der Waals surface area contributed by atoms with Gasteiger partial charge in [0.15, 0.2) is 5.92 Å². The maximum atomic E-state index is 13.8. The number of nitro benzene ring substituents is 1. The Morgan fingerprint density at radius 2 is 2.09 bits per heavy atom. The summed E-state index contributed by atoms with van der Waals surface area (Å²) in [6, 6.07) is 3.17. The van der Waals surface area contributed by atoms with Gasteiger partial charge in [0.05, 0.1) is 16.6 Å². The summed E-state index contributed by atoms with van der Waals surface area (Å²) in [6.07, 6.45) is -0.657. The van der Waals surface area contributed by atoms with Crippen molar-refractivity contribution >= 4 is 17.6 Å². The molecule has 0 aromatic heterocycles. The highest BCUT2D eigenvalue weighted by Gasteiger charge is 2.33. The second-order valence-corrected chi connectivity index (χ2v) is 4.75. The fourth-order valence-electron chi connectivity index (χ4n) is 1.76. The molecule has 0 saturated carbocycles. The number of nitro groups is 1. The SMILES string of the molecule is CCC(C)OC(=O)C(Cc1c(F)cccc1[N+](=O)[O-])C(=O)O. The summed E-state index contributed by atoms with van der Waals surface area (Å²) in [4.78, 5) is 33.1. The van der Waals surface area contributed by atoms with E-state index < -0.39 is 52.4 Å². The molecule has 0 aliphatic heterocycles. The molecule has 1 aromatic carbocycles. The van der Waals surface area contributed by atoms with Gasteiger partial charge in [0, 0.05) is 12.5 Å². The lowest BCUT2D eigenvalue weighted by Crippen LogP contribution is -2.30. The van der Waals surface area contributed by atoms with Crippen LogP contribution in [0.4, 0.5) is 10.1 Å². The maximum absolute atomic E-state index is 13.8. The minimum atomic E-state index is -1.70. The Bertz CT molecular complexity index is 589. The van der Waals surface area contributed by atoms with Crippen molar-refractivity contribution in [2.45, 2.75) is 32.8 Å². The molecule has 0 heterocycles. The van der Waals surface area contributed by atoms with Crippen LogP contribution in [0.15, 0.2) is 18.2 Å². The van der Waals surface area contributed by atoms with Crippen LogP contribution in [0.3, 0.4) is 0 Å². The monoisotopic (exact) mass is 313 g/mol. The first-order chi connectivity index (χ1) is 10.3. The molecule has 22 heavy (non-hydrogen) atoms. The van der Waals surface area contributed by atoms with E-state index in [-0.39, 0.29) is 0 Å². The molecule has 1 N–H and O–H groups in total. The van der Waals surface area contributed by atoms with Gasteiger partial charge in [-0.25, -0.2) is 4.39 Å². The predicted octanol–water partition coefficient (Wildman–Crippen LogP) is 2.32. The van der Waals surface area contributed by atoms with E-state index in [0.717, 1.165) is 18.2 Å².